The zero-order chi connectivity index (χ0) is 9.90. The molecule has 0 aromatic rings. The SMILES string of the molecule is CNCC1(C(=O)CC(C)C)CCC1. The Kier molecular flexibility index (Phi) is 3.48. The molecule has 1 N–H and O–H groups in total. The molecule has 0 saturated heterocycles. The molecule has 0 bridgehead atoms. The van der Waals surface area contributed by atoms with E-state index in [1.807, 2.05) is 7.05 Å². The predicted molar refractivity (Wildman–Crippen MR) is 54.7 cm³/mol. The standard InChI is InChI=1S/C11H21NO/c1-9(2)7-10(13)11(8-12-3)5-4-6-11/h9,12H,4-8H2,1-3H3. The van der Waals surface area contributed by atoms with Crippen LogP contribution >= 0.6 is 0 Å². The molecule has 1 saturated carbocycles. The van der Waals surface area contributed by atoms with Crippen molar-refractivity contribution in [1.82, 2.24) is 5.32 Å². The molecule has 1 fully saturated rings. The Labute approximate surface area is 81.1 Å². The topological polar surface area (TPSA) is 29.1 Å². The van der Waals surface area contributed by atoms with Crippen molar-refractivity contribution in [2.24, 2.45) is 11.3 Å². The third-order valence-corrected chi connectivity index (χ3v) is 3.01. The second-order valence-corrected chi connectivity index (χ2v) is 4.69. The van der Waals surface area contributed by atoms with Gasteiger partial charge in [-0.2, -0.15) is 0 Å². The van der Waals surface area contributed by atoms with Gasteiger partial charge in [0.1, 0.15) is 5.78 Å². The number of nitrogens with one attached hydrogen (secondary N) is 1. The Morgan fingerprint density at radius 1 is 1.46 bits per heavy atom. The largest absolute Gasteiger partial charge is 0.319 e. The van der Waals surface area contributed by atoms with Crippen molar-refractivity contribution in [3.63, 3.8) is 0 Å². The highest BCUT2D eigenvalue weighted by molar-refractivity contribution is 5.86. The molecule has 76 valence electrons. The van der Waals surface area contributed by atoms with Crippen molar-refractivity contribution in [2.75, 3.05) is 13.6 Å². The summed E-state index contributed by atoms with van der Waals surface area (Å²) >= 11 is 0. The van der Waals surface area contributed by atoms with E-state index >= 15 is 0 Å². The average Bonchev–Trinajstić information content (AvgIpc) is 1.94. The van der Waals surface area contributed by atoms with Crippen LogP contribution in [0.25, 0.3) is 0 Å². The van der Waals surface area contributed by atoms with Crippen LogP contribution < -0.4 is 5.32 Å². The fourth-order valence-corrected chi connectivity index (χ4v) is 2.08. The number of Topliss-reactive ketones (excluding diaryl/α,β-unsaturated/α-hetero) is 1. The highest BCUT2D eigenvalue weighted by Gasteiger charge is 2.42. The predicted octanol–water partition coefficient (Wildman–Crippen LogP) is 1.99. The van der Waals surface area contributed by atoms with E-state index in [0.29, 0.717) is 11.7 Å². The van der Waals surface area contributed by atoms with Gasteiger partial charge in [-0.15, -0.1) is 0 Å². The van der Waals surface area contributed by atoms with Gasteiger partial charge in [0, 0.05) is 18.4 Å². The Morgan fingerprint density at radius 2 is 2.08 bits per heavy atom. The number of hydrogen-bond donors (Lipinski definition) is 1. The fourth-order valence-electron chi connectivity index (χ4n) is 2.08. The molecule has 0 unspecified atom stereocenters. The van der Waals surface area contributed by atoms with Gasteiger partial charge in [-0.25, -0.2) is 0 Å². The van der Waals surface area contributed by atoms with Gasteiger partial charge in [0.25, 0.3) is 0 Å². The highest BCUT2D eigenvalue weighted by Crippen LogP contribution is 2.42. The summed E-state index contributed by atoms with van der Waals surface area (Å²) in [6, 6.07) is 0. The Balaban J connectivity index is 2.50. The minimum Gasteiger partial charge on any atom is -0.319 e. The van der Waals surface area contributed by atoms with Crippen molar-refractivity contribution in [3.8, 4) is 0 Å². The van der Waals surface area contributed by atoms with Crippen LogP contribution in [0.15, 0.2) is 0 Å². The molecular formula is C11H21NO. The Morgan fingerprint density at radius 3 is 2.38 bits per heavy atom. The van der Waals surface area contributed by atoms with Crippen LogP contribution in [0, 0.1) is 11.3 Å². The van der Waals surface area contributed by atoms with Crippen LogP contribution in [0.1, 0.15) is 39.5 Å². The molecule has 0 atom stereocenters. The number of carbonyl (C=O) groups is 1. The molecule has 1 rings (SSSR count). The monoisotopic (exact) mass is 183 g/mol. The van der Waals surface area contributed by atoms with Gasteiger partial charge in [-0.05, 0) is 25.8 Å². The van der Waals surface area contributed by atoms with Gasteiger partial charge < -0.3 is 5.32 Å². The number of hydrogen-bond acceptors (Lipinski definition) is 2. The normalized spacial score (nSPS) is 20.0. The summed E-state index contributed by atoms with van der Waals surface area (Å²) in [5, 5.41) is 3.14. The lowest BCUT2D eigenvalue weighted by Gasteiger charge is -2.40. The van der Waals surface area contributed by atoms with Crippen molar-refractivity contribution in [3.05, 3.63) is 0 Å². The fraction of sp³-hybridized carbons (Fsp3) is 0.909. The van der Waals surface area contributed by atoms with Crippen molar-refractivity contribution in [2.45, 2.75) is 39.5 Å². The second kappa shape index (κ2) is 4.23. The molecule has 2 heteroatoms. The number of ketones is 1. The van der Waals surface area contributed by atoms with Gasteiger partial charge in [0.15, 0.2) is 0 Å². The van der Waals surface area contributed by atoms with E-state index in [2.05, 4.69) is 19.2 Å². The van der Waals surface area contributed by atoms with Crippen LogP contribution in [0.2, 0.25) is 0 Å². The lowest BCUT2D eigenvalue weighted by Crippen LogP contribution is -2.45. The van der Waals surface area contributed by atoms with Gasteiger partial charge in [0.2, 0.25) is 0 Å². The summed E-state index contributed by atoms with van der Waals surface area (Å²) in [5.41, 5.74) is 0.0129. The van der Waals surface area contributed by atoms with Gasteiger partial charge in [-0.3, -0.25) is 4.79 Å². The van der Waals surface area contributed by atoms with E-state index in [-0.39, 0.29) is 5.41 Å². The molecule has 0 radical (unpaired) electrons. The molecule has 13 heavy (non-hydrogen) atoms. The summed E-state index contributed by atoms with van der Waals surface area (Å²) in [6.45, 7) is 5.10. The maximum atomic E-state index is 11.9. The van der Waals surface area contributed by atoms with E-state index in [9.17, 15) is 4.79 Å². The van der Waals surface area contributed by atoms with Crippen LogP contribution in [0.5, 0.6) is 0 Å². The molecule has 0 aromatic carbocycles. The quantitative estimate of drug-likeness (QED) is 0.706. The van der Waals surface area contributed by atoms with E-state index < -0.39 is 0 Å². The maximum absolute atomic E-state index is 11.9. The Bertz CT molecular complexity index is 183. The summed E-state index contributed by atoms with van der Waals surface area (Å²) in [6.07, 6.45) is 4.17. The lowest BCUT2D eigenvalue weighted by molar-refractivity contribution is -0.134. The van der Waals surface area contributed by atoms with E-state index in [1.165, 1.54) is 6.42 Å². The molecule has 0 aliphatic heterocycles. The first-order valence-corrected chi connectivity index (χ1v) is 5.28. The van der Waals surface area contributed by atoms with Crippen LogP contribution in [-0.2, 0) is 4.79 Å². The highest BCUT2D eigenvalue weighted by atomic mass is 16.1. The smallest absolute Gasteiger partial charge is 0.140 e. The Hall–Kier alpha value is -0.370. The van der Waals surface area contributed by atoms with Crippen LogP contribution in [0.3, 0.4) is 0 Å². The number of carbonyl (C=O) groups excluding carboxylic acids is 1. The van der Waals surface area contributed by atoms with Crippen molar-refractivity contribution < 1.29 is 4.79 Å². The first-order chi connectivity index (χ1) is 6.10. The van der Waals surface area contributed by atoms with Crippen molar-refractivity contribution >= 4 is 5.78 Å². The second-order valence-electron chi connectivity index (χ2n) is 4.69. The third kappa shape index (κ3) is 2.31. The third-order valence-electron chi connectivity index (χ3n) is 3.01. The molecule has 0 heterocycles. The summed E-state index contributed by atoms with van der Waals surface area (Å²) in [4.78, 5) is 11.9. The van der Waals surface area contributed by atoms with Gasteiger partial charge >= 0.3 is 0 Å². The molecule has 1 aliphatic rings. The molecule has 0 amide bonds. The van der Waals surface area contributed by atoms with Crippen LogP contribution in [-0.4, -0.2) is 19.4 Å². The summed E-state index contributed by atoms with van der Waals surface area (Å²) in [5.74, 6) is 0.977. The van der Waals surface area contributed by atoms with E-state index in [1.54, 1.807) is 0 Å². The van der Waals surface area contributed by atoms with Gasteiger partial charge in [0.05, 0.1) is 0 Å². The molecule has 1 aliphatic carbocycles. The molecular weight excluding hydrogens is 162 g/mol. The van der Waals surface area contributed by atoms with Crippen molar-refractivity contribution in [1.29, 1.82) is 0 Å². The summed E-state index contributed by atoms with van der Waals surface area (Å²) < 4.78 is 0. The zero-order valence-electron chi connectivity index (χ0n) is 9.02. The lowest BCUT2D eigenvalue weighted by atomic mass is 9.64. The minimum absolute atomic E-state index is 0.0129. The molecule has 0 aromatic heterocycles. The number of rotatable bonds is 5. The maximum Gasteiger partial charge on any atom is 0.140 e. The minimum atomic E-state index is 0.0129. The van der Waals surface area contributed by atoms with Crippen LogP contribution in [0.4, 0.5) is 0 Å². The molecule has 2 nitrogen and oxygen atoms in total. The average molecular weight is 183 g/mol. The molecule has 0 spiro atoms. The summed E-state index contributed by atoms with van der Waals surface area (Å²) in [7, 11) is 1.93. The first-order valence-electron chi connectivity index (χ1n) is 5.28. The first kappa shape index (κ1) is 10.7. The van der Waals surface area contributed by atoms with Gasteiger partial charge in [-0.1, -0.05) is 20.3 Å². The van der Waals surface area contributed by atoms with E-state index in [0.717, 1.165) is 25.8 Å². The zero-order valence-corrected chi connectivity index (χ0v) is 9.02. The van der Waals surface area contributed by atoms with E-state index in [4.69, 9.17) is 0 Å².